The van der Waals surface area contributed by atoms with Crippen LogP contribution in [-0.4, -0.2) is 55.4 Å². The molecule has 0 aliphatic carbocycles. The fourth-order valence-electron chi connectivity index (χ4n) is 3.67. The third-order valence-electron chi connectivity index (χ3n) is 5.46. The van der Waals surface area contributed by atoms with Crippen molar-refractivity contribution in [3.63, 3.8) is 0 Å². The molecule has 0 radical (unpaired) electrons. The summed E-state index contributed by atoms with van der Waals surface area (Å²) in [7, 11) is 0. The summed E-state index contributed by atoms with van der Waals surface area (Å²) >= 11 is 0. The maximum absolute atomic E-state index is 12.2. The van der Waals surface area contributed by atoms with Crippen molar-refractivity contribution in [1.29, 1.82) is 0 Å². The van der Waals surface area contributed by atoms with Crippen LogP contribution in [0.25, 0.3) is 0 Å². The molecule has 0 bridgehead atoms. The maximum atomic E-state index is 12.2. The van der Waals surface area contributed by atoms with Crippen molar-refractivity contribution in [2.45, 2.75) is 71.5 Å². The molecule has 0 spiro atoms. The van der Waals surface area contributed by atoms with E-state index in [0.717, 1.165) is 70.3 Å². The summed E-state index contributed by atoms with van der Waals surface area (Å²) in [5.74, 6) is 0.617. The molecule has 0 unspecified atom stereocenters. The fraction of sp³-hybridized carbons (Fsp3) is 0.680. The van der Waals surface area contributed by atoms with E-state index in [2.05, 4.69) is 10.6 Å². The number of benzene rings is 1. The lowest BCUT2D eigenvalue weighted by Crippen LogP contribution is -2.41. The first-order chi connectivity index (χ1) is 15.3. The second-order valence-corrected chi connectivity index (χ2v) is 9.52. The van der Waals surface area contributed by atoms with Crippen LogP contribution in [0.5, 0.6) is 0 Å². The maximum Gasteiger partial charge on any atom is 0.410 e. The van der Waals surface area contributed by atoms with Crippen LogP contribution < -0.4 is 10.6 Å². The zero-order chi connectivity index (χ0) is 23.2. The molecular formula is C25H41N3O4. The van der Waals surface area contributed by atoms with Gasteiger partial charge in [0.1, 0.15) is 12.2 Å². The number of alkyl carbamates (subject to hydrolysis) is 1. The Labute approximate surface area is 193 Å². The Morgan fingerprint density at radius 2 is 1.66 bits per heavy atom. The van der Waals surface area contributed by atoms with E-state index in [1.807, 2.05) is 56.0 Å². The fourth-order valence-corrected chi connectivity index (χ4v) is 3.67. The number of hydrogen-bond acceptors (Lipinski definition) is 5. The molecule has 0 atom stereocenters. The number of unbranched alkanes of at least 4 members (excludes halogenated alkanes) is 3. The van der Waals surface area contributed by atoms with Crippen molar-refractivity contribution < 1.29 is 19.1 Å². The number of carbonyl (C=O) groups excluding carboxylic acids is 2. The topological polar surface area (TPSA) is 79.9 Å². The minimum absolute atomic E-state index is 0.207. The van der Waals surface area contributed by atoms with Crippen molar-refractivity contribution in [2.24, 2.45) is 5.92 Å². The standard InChI is InChI=1S/C25H41N3O4/c1-25(2,3)32-23(29)27-16-10-5-4-9-15-26-19-21-13-17-28(18-14-21)24(30)31-20-22-11-7-6-8-12-22/h6-8,11-12,21,26H,4-5,9-10,13-20H2,1-3H3,(H,27,29). The van der Waals surface area contributed by atoms with Crippen molar-refractivity contribution in [1.82, 2.24) is 15.5 Å². The molecule has 2 rings (SSSR count). The van der Waals surface area contributed by atoms with Gasteiger partial charge in [-0.3, -0.25) is 0 Å². The number of ether oxygens (including phenoxy) is 2. The molecule has 0 saturated carbocycles. The summed E-state index contributed by atoms with van der Waals surface area (Å²) in [6.45, 7) is 10.1. The molecule has 1 fully saturated rings. The number of nitrogens with zero attached hydrogens (tertiary/aromatic N) is 1. The number of amides is 2. The Bertz CT molecular complexity index is 668. The monoisotopic (exact) mass is 447 g/mol. The number of rotatable bonds is 11. The molecule has 7 nitrogen and oxygen atoms in total. The smallest absolute Gasteiger partial charge is 0.410 e. The van der Waals surface area contributed by atoms with Crippen LogP contribution >= 0.6 is 0 Å². The third-order valence-corrected chi connectivity index (χ3v) is 5.46. The van der Waals surface area contributed by atoms with Crippen molar-refractivity contribution in [2.75, 3.05) is 32.7 Å². The highest BCUT2D eigenvalue weighted by molar-refractivity contribution is 5.68. The number of nitrogens with one attached hydrogen (secondary N) is 2. The molecule has 1 aliphatic heterocycles. The van der Waals surface area contributed by atoms with E-state index in [9.17, 15) is 9.59 Å². The van der Waals surface area contributed by atoms with Gasteiger partial charge in [-0.15, -0.1) is 0 Å². The van der Waals surface area contributed by atoms with Crippen LogP contribution in [0.2, 0.25) is 0 Å². The van der Waals surface area contributed by atoms with Crippen LogP contribution in [0.4, 0.5) is 9.59 Å². The SMILES string of the molecule is CC(C)(C)OC(=O)NCCCCCCNCC1CCN(C(=O)OCc2ccccc2)CC1. The summed E-state index contributed by atoms with van der Waals surface area (Å²) in [5, 5.41) is 6.35. The first kappa shape index (κ1) is 26.0. The Kier molecular flexibility index (Phi) is 11.4. The highest BCUT2D eigenvalue weighted by Crippen LogP contribution is 2.17. The zero-order valence-corrected chi connectivity index (χ0v) is 20.0. The van der Waals surface area contributed by atoms with Crippen LogP contribution in [0.15, 0.2) is 30.3 Å². The highest BCUT2D eigenvalue weighted by Gasteiger charge is 2.23. The summed E-state index contributed by atoms with van der Waals surface area (Å²) < 4.78 is 10.6. The minimum atomic E-state index is -0.446. The second-order valence-electron chi connectivity index (χ2n) is 9.52. The van der Waals surface area contributed by atoms with Gasteiger partial charge in [-0.2, -0.15) is 0 Å². The van der Waals surface area contributed by atoms with Gasteiger partial charge in [0.15, 0.2) is 0 Å². The average molecular weight is 448 g/mol. The number of carbonyl (C=O) groups is 2. The molecule has 1 aromatic rings. The average Bonchev–Trinajstić information content (AvgIpc) is 2.76. The summed E-state index contributed by atoms with van der Waals surface area (Å²) in [5.41, 5.74) is 0.567. The van der Waals surface area contributed by atoms with Gasteiger partial charge < -0.3 is 25.0 Å². The first-order valence-corrected chi connectivity index (χ1v) is 12.0. The van der Waals surface area contributed by atoms with Gasteiger partial charge in [0.25, 0.3) is 0 Å². The Morgan fingerprint density at radius 1 is 1.00 bits per heavy atom. The summed E-state index contributed by atoms with van der Waals surface area (Å²) in [6.07, 6.45) is 5.84. The van der Waals surface area contributed by atoms with Gasteiger partial charge in [0.05, 0.1) is 0 Å². The minimum Gasteiger partial charge on any atom is -0.445 e. The zero-order valence-electron chi connectivity index (χ0n) is 20.0. The van der Waals surface area contributed by atoms with E-state index in [1.165, 1.54) is 0 Å². The van der Waals surface area contributed by atoms with Crippen LogP contribution in [-0.2, 0) is 16.1 Å². The predicted molar refractivity (Wildman–Crippen MR) is 126 cm³/mol. The molecule has 180 valence electrons. The number of hydrogen-bond donors (Lipinski definition) is 2. The summed E-state index contributed by atoms with van der Waals surface area (Å²) in [4.78, 5) is 25.6. The van der Waals surface area contributed by atoms with Gasteiger partial charge in [-0.1, -0.05) is 43.2 Å². The molecule has 7 heteroatoms. The van der Waals surface area contributed by atoms with Crippen LogP contribution in [0.1, 0.15) is 64.9 Å². The van der Waals surface area contributed by atoms with E-state index in [0.29, 0.717) is 19.1 Å². The Morgan fingerprint density at radius 3 is 2.31 bits per heavy atom. The quantitative estimate of drug-likeness (QED) is 0.480. The number of piperidine rings is 1. The first-order valence-electron chi connectivity index (χ1n) is 12.0. The molecule has 1 heterocycles. The van der Waals surface area contributed by atoms with Gasteiger partial charge in [0, 0.05) is 19.6 Å². The molecule has 2 N–H and O–H groups in total. The van der Waals surface area contributed by atoms with E-state index in [4.69, 9.17) is 9.47 Å². The lowest BCUT2D eigenvalue weighted by molar-refractivity contribution is 0.0526. The Balaban J connectivity index is 1.42. The molecule has 1 aromatic carbocycles. The molecular weight excluding hydrogens is 406 g/mol. The molecule has 0 aromatic heterocycles. The lowest BCUT2D eigenvalue weighted by Gasteiger charge is -2.31. The van der Waals surface area contributed by atoms with Crippen LogP contribution in [0, 0.1) is 5.92 Å². The van der Waals surface area contributed by atoms with Crippen molar-refractivity contribution >= 4 is 12.2 Å². The Hall–Kier alpha value is -2.28. The normalized spacial score (nSPS) is 14.8. The predicted octanol–water partition coefficient (Wildman–Crippen LogP) is 4.71. The van der Waals surface area contributed by atoms with Gasteiger partial charge >= 0.3 is 12.2 Å². The van der Waals surface area contributed by atoms with E-state index in [1.54, 1.807) is 0 Å². The largest absolute Gasteiger partial charge is 0.445 e. The highest BCUT2D eigenvalue weighted by atomic mass is 16.6. The van der Waals surface area contributed by atoms with E-state index >= 15 is 0 Å². The van der Waals surface area contributed by atoms with Crippen LogP contribution in [0.3, 0.4) is 0 Å². The molecule has 2 amide bonds. The van der Waals surface area contributed by atoms with Crippen molar-refractivity contribution in [3.05, 3.63) is 35.9 Å². The molecule has 1 aliphatic rings. The molecule has 1 saturated heterocycles. The number of likely N-dealkylation sites (tertiary alicyclic amines) is 1. The van der Waals surface area contributed by atoms with Gasteiger partial charge in [-0.25, -0.2) is 9.59 Å². The van der Waals surface area contributed by atoms with Crippen molar-refractivity contribution in [3.8, 4) is 0 Å². The lowest BCUT2D eigenvalue weighted by atomic mass is 9.97. The van der Waals surface area contributed by atoms with Gasteiger partial charge in [0.2, 0.25) is 0 Å². The summed E-state index contributed by atoms with van der Waals surface area (Å²) in [6, 6.07) is 9.78. The molecule has 32 heavy (non-hydrogen) atoms. The second kappa shape index (κ2) is 14.0. The van der Waals surface area contributed by atoms with Gasteiger partial charge in [-0.05, 0) is 71.0 Å². The third kappa shape index (κ3) is 11.4. The van der Waals surface area contributed by atoms with E-state index in [-0.39, 0.29) is 12.2 Å². The van der Waals surface area contributed by atoms with E-state index < -0.39 is 5.60 Å².